The Bertz CT molecular complexity index is 2430. The molecule has 0 aliphatic heterocycles. The molecule has 9 heteroatoms. The smallest absolute Gasteiger partial charge is 0.0259 e. The molecular weight excluding hydrogens is 913 g/mol. The molecule has 0 spiro atoms. The van der Waals surface area contributed by atoms with Crippen molar-refractivity contribution in [3.05, 3.63) is 198 Å². The van der Waals surface area contributed by atoms with Gasteiger partial charge >= 0.3 is 137 Å². The first-order valence-electron chi connectivity index (χ1n) is 20.0. The van der Waals surface area contributed by atoms with Gasteiger partial charge in [-0.25, -0.2) is 6.08 Å². The van der Waals surface area contributed by atoms with Crippen LogP contribution in [0.5, 0.6) is 0 Å². The van der Waals surface area contributed by atoms with Crippen LogP contribution in [0.1, 0.15) is 69.2 Å². The molecule has 0 fully saturated rings. The quantitative estimate of drug-likeness (QED) is 0.110. The van der Waals surface area contributed by atoms with Crippen molar-refractivity contribution in [2.45, 2.75) is 59.3 Å². The Labute approximate surface area is 388 Å². The van der Waals surface area contributed by atoms with Crippen molar-refractivity contribution < 1.29 is 75.4 Å². The summed E-state index contributed by atoms with van der Waals surface area (Å²) in [5.41, 5.74) is 6.43. The molecule has 1 unspecified atom stereocenters. The van der Waals surface area contributed by atoms with E-state index in [0.29, 0.717) is 25.7 Å². The molecule has 0 radical (unpaired) electrons. The van der Waals surface area contributed by atoms with Crippen molar-refractivity contribution in [1.82, 2.24) is 0 Å². The summed E-state index contributed by atoms with van der Waals surface area (Å²) in [5.74, 6) is 0.592. The predicted molar refractivity (Wildman–Crippen MR) is 232 cm³/mol. The van der Waals surface area contributed by atoms with E-state index in [1.54, 1.807) is 0 Å². The third-order valence-electron chi connectivity index (χ3n) is 10.5. The van der Waals surface area contributed by atoms with Gasteiger partial charge in [-0.1, -0.05) is 154 Å². The Balaban J connectivity index is 0.000000211. The third kappa shape index (κ3) is 13.1. The monoisotopic (exact) mass is 956 g/mol. The van der Waals surface area contributed by atoms with Crippen molar-refractivity contribution >= 4 is 24.8 Å². The minimum atomic E-state index is -4.41. The molecule has 0 nitrogen and oxygen atoms in total. The van der Waals surface area contributed by atoms with E-state index in [-0.39, 0.29) is 24.8 Å². The van der Waals surface area contributed by atoms with Gasteiger partial charge in [0, 0.05) is 0 Å². The molecule has 0 amide bonds. The zero-order valence-corrected chi connectivity index (χ0v) is 38.8. The van der Waals surface area contributed by atoms with Crippen LogP contribution in [0.4, 0.5) is 26.3 Å². The van der Waals surface area contributed by atoms with Gasteiger partial charge in [-0.05, 0) is 11.1 Å². The maximum Gasteiger partial charge on any atom is -0.0259 e. The molecule has 1 aliphatic rings. The molecule has 0 bridgehead atoms. The number of fused-ring (bicyclic) bond motifs is 3. The summed E-state index contributed by atoms with van der Waals surface area (Å²) in [6.45, 7) is 9.03. The number of allylic oxidation sites excluding steroid dienone is 4. The topological polar surface area (TPSA) is 0 Å². The van der Waals surface area contributed by atoms with E-state index in [0.717, 1.165) is 48.5 Å². The van der Waals surface area contributed by atoms with Gasteiger partial charge in [0.25, 0.3) is 0 Å². The van der Waals surface area contributed by atoms with Crippen LogP contribution < -0.4 is 24.8 Å². The first kappa shape index (κ1) is 50.2. The number of alkyl halides is 6. The summed E-state index contributed by atoms with van der Waals surface area (Å²) in [6.07, 6.45) is 3.06. The first-order valence-corrected chi connectivity index (χ1v) is 21.2. The van der Waals surface area contributed by atoms with Crippen molar-refractivity contribution in [2.75, 3.05) is 0 Å². The predicted octanol–water partition coefficient (Wildman–Crippen LogP) is 10.0. The normalized spacial score (nSPS) is 13.5. The molecule has 1 atom stereocenters. The van der Waals surface area contributed by atoms with Crippen LogP contribution in [0.2, 0.25) is 0 Å². The maximum absolute atomic E-state index is 12.5. The molecule has 320 valence electrons. The van der Waals surface area contributed by atoms with E-state index in [9.17, 15) is 26.3 Å². The molecule has 0 saturated heterocycles. The van der Waals surface area contributed by atoms with Crippen molar-refractivity contribution in [1.29, 1.82) is 0 Å². The second-order valence-corrected chi connectivity index (χ2v) is 17.2. The van der Waals surface area contributed by atoms with E-state index in [1.165, 1.54) is 92.9 Å². The fourth-order valence-corrected chi connectivity index (χ4v) is 7.85. The molecule has 0 heterocycles. The average molecular weight is 959 g/mol. The van der Waals surface area contributed by atoms with Crippen LogP contribution in [0.15, 0.2) is 169 Å². The van der Waals surface area contributed by atoms with Crippen LogP contribution in [0, 0.1) is 17.4 Å². The van der Waals surface area contributed by atoms with Gasteiger partial charge in [0.2, 0.25) is 0 Å². The van der Waals surface area contributed by atoms with Crippen LogP contribution in [-0.2, 0) is 36.6 Å². The third-order valence-corrected chi connectivity index (χ3v) is 11.9. The zero-order chi connectivity index (χ0) is 43.1. The molecule has 0 aromatic heterocycles. The van der Waals surface area contributed by atoms with E-state index in [2.05, 4.69) is 149 Å². The average Bonchev–Trinajstić information content (AvgIpc) is 3.88. The minimum Gasteiger partial charge on any atom is -1.00 e. The first-order chi connectivity index (χ1) is 28.5. The van der Waals surface area contributed by atoms with Crippen molar-refractivity contribution in [3.63, 3.8) is 0 Å². The van der Waals surface area contributed by atoms with Crippen LogP contribution in [-0.4, -0.2) is 3.21 Å². The van der Waals surface area contributed by atoms with Crippen molar-refractivity contribution in [2.24, 2.45) is 11.3 Å². The summed E-state index contributed by atoms with van der Waals surface area (Å²) in [5, 5.41) is 5.27. The van der Waals surface area contributed by atoms with Crippen LogP contribution in [0.25, 0.3) is 43.8 Å². The Kier molecular flexibility index (Phi) is 17.6. The van der Waals surface area contributed by atoms with E-state index >= 15 is 0 Å². The molecule has 1 aliphatic carbocycles. The molecule has 8 rings (SSSR count). The molecule has 7 aromatic rings. The number of rotatable bonds is 7. The van der Waals surface area contributed by atoms with Crippen molar-refractivity contribution in [3.8, 4) is 22.3 Å². The number of hydrogen-bond donors (Lipinski definition) is 0. The van der Waals surface area contributed by atoms with Gasteiger partial charge in [-0.2, -0.15) is 11.6 Å². The summed E-state index contributed by atoms with van der Waals surface area (Å²) in [6, 6.07) is 46.1. The van der Waals surface area contributed by atoms with Gasteiger partial charge in [-0.3, -0.25) is 6.08 Å². The Morgan fingerprint density at radius 2 is 1.00 bits per heavy atom. The summed E-state index contributed by atoms with van der Waals surface area (Å²) >= 11 is 0.898. The van der Waals surface area contributed by atoms with Gasteiger partial charge in [0.05, 0.1) is 0 Å². The molecule has 62 heavy (non-hydrogen) atoms. The minimum absolute atomic E-state index is 0. The Morgan fingerprint density at radius 1 is 0.581 bits per heavy atom. The zero-order valence-electron chi connectivity index (χ0n) is 34.8. The maximum atomic E-state index is 12.5. The van der Waals surface area contributed by atoms with E-state index in [1.807, 2.05) is 0 Å². The molecule has 0 N–H and O–H groups in total. The SMILES string of the molecule is CCCCC1[C-]=CC(C(C)(C)C)=C1.FC(F)(F)c1ccc([C](=[Zr+2])c2ccc(C(F)(F)F)cc2)cc1.[Cl-].[Cl-].c1ccc(-c2ccc3c(c2)[cH-]c2cc(-c4ccccc4)ccc23)cc1. The molecular formula is C53H46Cl2F6Zr-2. The molecule has 7 aromatic carbocycles. The summed E-state index contributed by atoms with van der Waals surface area (Å²) in [4.78, 5) is 0. The summed E-state index contributed by atoms with van der Waals surface area (Å²) in [7, 11) is 0. The fourth-order valence-electron chi connectivity index (χ4n) is 7.03. The number of benzene rings is 6. The van der Waals surface area contributed by atoms with Gasteiger partial charge < -0.3 is 24.8 Å². The summed E-state index contributed by atoms with van der Waals surface area (Å²) < 4.78 is 75.6. The van der Waals surface area contributed by atoms with Crippen LogP contribution in [0.3, 0.4) is 0 Å². The molecule has 0 saturated carbocycles. The fraction of sp³-hybridized carbons (Fsp3) is 0.208. The standard InChI is InChI=1S/C25H17.C15H8F6.C13H21.2ClH.Zr/c1-3-7-18(8-4-1)20-11-13-24-22(15-20)17-23-16-21(12-14-25(23)24)19-9-5-2-6-10-19;16-14(17,18)12-5-1-10(2-6-12)9-11-3-7-13(8-4-11)15(19,20)21;1-5-6-7-11-8-9-12(10-11)13(2,3)4;;;/h1-17H;1-8H;9-11H,5-7H2,1-4H3;2*1H;/q-1;;-1;;;+2/p-2. The largest absolute Gasteiger partial charge is 1.00 e. The number of hydrogen-bond acceptors (Lipinski definition) is 0. The Morgan fingerprint density at radius 3 is 1.35 bits per heavy atom. The number of unbranched alkanes of at least 4 members (excludes halogenated alkanes) is 1. The van der Waals surface area contributed by atoms with Gasteiger partial charge in [-0.15, -0.1) is 39.7 Å². The van der Waals surface area contributed by atoms with Crippen LogP contribution >= 0.6 is 0 Å². The second kappa shape index (κ2) is 21.8. The van der Waals surface area contributed by atoms with E-state index < -0.39 is 23.5 Å². The van der Waals surface area contributed by atoms with E-state index in [4.69, 9.17) is 0 Å². The Hall–Kier alpha value is -4.42. The van der Waals surface area contributed by atoms with Gasteiger partial charge in [0.1, 0.15) is 0 Å². The number of halogens is 8. The van der Waals surface area contributed by atoms with Gasteiger partial charge in [0.15, 0.2) is 0 Å². The second-order valence-electron chi connectivity index (χ2n) is 15.9.